The highest BCUT2D eigenvalue weighted by Crippen LogP contribution is 2.14. The fourth-order valence-electron chi connectivity index (χ4n) is 1.20. The lowest BCUT2D eigenvalue weighted by Crippen LogP contribution is -1.72. The van der Waals surface area contributed by atoms with Crippen molar-refractivity contribution in [3.8, 4) is 11.8 Å². The van der Waals surface area contributed by atoms with Gasteiger partial charge in [-0.1, -0.05) is 33.8 Å². The first-order valence-corrected chi connectivity index (χ1v) is 6.19. The third-order valence-corrected chi connectivity index (χ3v) is 3.30. The minimum atomic E-state index is 1.04. The maximum absolute atomic E-state index is 3.43. The molecule has 0 saturated heterocycles. The quantitative estimate of drug-likeness (QED) is 0.632. The summed E-state index contributed by atoms with van der Waals surface area (Å²) in [5.74, 6) is 6.30. The van der Waals surface area contributed by atoms with E-state index in [4.69, 9.17) is 0 Å². The zero-order valence-electron chi connectivity index (χ0n) is 8.25. The predicted molar refractivity (Wildman–Crippen MR) is 69.2 cm³/mol. The van der Waals surface area contributed by atoms with Gasteiger partial charge < -0.3 is 0 Å². The summed E-state index contributed by atoms with van der Waals surface area (Å²) in [6.07, 6.45) is 0. The van der Waals surface area contributed by atoms with E-state index in [9.17, 15) is 0 Å². The van der Waals surface area contributed by atoms with Gasteiger partial charge in [0.2, 0.25) is 0 Å². The molecule has 0 nitrogen and oxygen atoms in total. The summed E-state index contributed by atoms with van der Waals surface area (Å²) in [5.41, 5.74) is 1.04. The fraction of sp³-hybridized carbons (Fsp3) is 0.0769. The first-order chi connectivity index (χ1) is 7.24. The molecule has 1 aromatic carbocycles. The first kappa shape index (κ1) is 10.5. The Balaban J connectivity index is 2.25. The molecule has 0 saturated carbocycles. The number of halogens is 1. The van der Waals surface area contributed by atoms with Crippen molar-refractivity contribution in [1.82, 2.24) is 0 Å². The molecule has 0 aliphatic rings. The number of aryl methyl sites for hydroxylation is 1. The minimum absolute atomic E-state index is 1.04. The molecule has 0 radical (unpaired) electrons. The molecule has 1 heterocycles. The topological polar surface area (TPSA) is 0 Å². The van der Waals surface area contributed by atoms with Crippen LogP contribution in [0.1, 0.15) is 15.3 Å². The van der Waals surface area contributed by atoms with Crippen molar-refractivity contribution in [2.45, 2.75) is 6.92 Å². The highest BCUT2D eigenvalue weighted by atomic mass is 79.9. The molecule has 0 N–H and O–H groups in total. The zero-order chi connectivity index (χ0) is 10.7. The van der Waals surface area contributed by atoms with Crippen LogP contribution >= 0.6 is 27.3 Å². The zero-order valence-corrected chi connectivity index (χ0v) is 10.7. The standard InChI is InChI=1S/C13H9BrS/c1-10-5-7-13(15-10)8-6-11-3-2-4-12(14)9-11/h2-5,7,9H,1H3. The van der Waals surface area contributed by atoms with Gasteiger partial charge in [-0.25, -0.2) is 0 Å². The van der Waals surface area contributed by atoms with Crippen LogP contribution in [0.4, 0.5) is 0 Å². The summed E-state index contributed by atoms with van der Waals surface area (Å²) in [7, 11) is 0. The molecule has 0 spiro atoms. The lowest BCUT2D eigenvalue weighted by molar-refractivity contribution is 1.60. The molecule has 0 bridgehead atoms. The van der Waals surface area contributed by atoms with Crippen LogP contribution in [-0.2, 0) is 0 Å². The Labute approximate surface area is 102 Å². The molecule has 0 unspecified atom stereocenters. The molecule has 2 aromatic rings. The molecule has 74 valence electrons. The number of benzene rings is 1. The fourth-order valence-corrected chi connectivity index (χ4v) is 2.32. The monoisotopic (exact) mass is 276 g/mol. The molecular formula is C13H9BrS. The SMILES string of the molecule is Cc1ccc(C#Cc2cccc(Br)c2)s1. The Morgan fingerprint density at radius 1 is 1.13 bits per heavy atom. The van der Waals surface area contributed by atoms with Gasteiger partial charge >= 0.3 is 0 Å². The van der Waals surface area contributed by atoms with Gasteiger partial charge in [0.1, 0.15) is 0 Å². The third kappa shape index (κ3) is 2.95. The average molecular weight is 277 g/mol. The predicted octanol–water partition coefficient (Wildman–Crippen LogP) is 4.22. The van der Waals surface area contributed by atoms with Crippen LogP contribution in [0.25, 0.3) is 0 Å². The van der Waals surface area contributed by atoms with E-state index in [0.717, 1.165) is 14.9 Å². The molecule has 0 amide bonds. The Morgan fingerprint density at radius 2 is 2.00 bits per heavy atom. The lowest BCUT2D eigenvalue weighted by Gasteiger charge is -1.90. The molecule has 15 heavy (non-hydrogen) atoms. The number of hydrogen-bond donors (Lipinski definition) is 0. The minimum Gasteiger partial charge on any atom is -0.132 e. The van der Waals surface area contributed by atoms with Crippen molar-refractivity contribution < 1.29 is 0 Å². The Morgan fingerprint density at radius 3 is 2.67 bits per heavy atom. The second kappa shape index (κ2) is 4.65. The molecule has 2 rings (SSSR count). The normalized spacial score (nSPS) is 9.47. The van der Waals surface area contributed by atoms with E-state index in [1.807, 2.05) is 24.3 Å². The molecule has 0 fully saturated rings. The van der Waals surface area contributed by atoms with Crippen molar-refractivity contribution in [2.24, 2.45) is 0 Å². The summed E-state index contributed by atoms with van der Waals surface area (Å²) in [5, 5.41) is 0. The van der Waals surface area contributed by atoms with Gasteiger partial charge in [-0.2, -0.15) is 0 Å². The summed E-state index contributed by atoms with van der Waals surface area (Å²) < 4.78 is 1.07. The number of thiophene rings is 1. The van der Waals surface area contributed by atoms with Crippen molar-refractivity contribution >= 4 is 27.3 Å². The van der Waals surface area contributed by atoms with Gasteiger partial charge in [-0.3, -0.25) is 0 Å². The third-order valence-electron chi connectivity index (χ3n) is 1.90. The van der Waals surface area contributed by atoms with E-state index in [2.05, 4.69) is 46.8 Å². The molecule has 0 aliphatic heterocycles. The summed E-state index contributed by atoms with van der Waals surface area (Å²) in [6.45, 7) is 2.09. The summed E-state index contributed by atoms with van der Waals surface area (Å²) in [4.78, 5) is 2.42. The van der Waals surface area contributed by atoms with E-state index in [1.165, 1.54) is 4.88 Å². The van der Waals surface area contributed by atoms with Crippen LogP contribution in [0.5, 0.6) is 0 Å². The number of rotatable bonds is 0. The van der Waals surface area contributed by atoms with Gasteiger partial charge in [0, 0.05) is 14.9 Å². The van der Waals surface area contributed by atoms with Crippen LogP contribution in [0.3, 0.4) is 0 Å². The van der Waals surface area contributed by atoms with Crippen LogP contribution in [0, 0.1) is 18.8 Å². The van der Waals surface area contributed by atoms with Crippen molar-refractivity contribution in [3.05, 3.63) is 56.2 Å². The van der Waals surface area contributed by atoms with E-state index < -0.39 is 0 Å². The first-order valence-electron chi connectivity index (χ1n) is 4.58. The Bertz CT molecular complexity index is 529. The largest absolute Gasteiger partial charge is 0.132 e. The molecular weight excluding hydrogens is 268 g/mol. The second-order valence-electron chi connectivity index (χ2n) is 3.17. The van der Waals surface area contributed by atoms with E-state index in [-0.39, 0.29) is 0 Å². The summed E-state index contributed by atoms with van der Waals surface area (Å²) in [6, 6.07) is 12.2. The van der Waals surface area contributed by atoms with E-state index >= 15 is 0 Å². The van der Waals surface area contributed by atoms with Crippen molar-refractivity contribution in [3.63, 3.8) is 0 Å². The average Bonchev–Trinajstić information content (AvgIpc) is 2.62. The second-order valence-corrected chi connectivity index (χ2v) is 5.37. The maximum atomic E-state index is 3.43. The number of hydrogen-bond acceptors (Lipinski definition) is 1. The Kier molecular flexibility index (Phi) is 3.25. The highest BCUT2D eigenvalue weighted by Gasteiger charge is 1.91. The van der Waals surface area contributed by atoms with Crippen LogP contribution < -0.4 is 0 Å². The maximum Gasteiger partial charge on any atom is 0.0775 e. The van der Waals surface area contributed by atoms with E-state index in [0.29, 0.717) is 0 Å². The van der Waals surface area contributed by atoms with Crippen LogP contribution in [-0.4, -0.2) is 0 Å². The van der Waals surface area contributed by atoms with Crippen molar-refractivity contribution in [2.75, 3.05) is 0 Å². The van der Waals surface area contributed by atoms with Crippen LogP contribution in [0.2, 0.25) is 0 Å². The highest BCUT2D eigenvalue weighted by molar-refractivity contribution is 9.10. The smallest absolute Gasteiger partial charge is 0.0775 e. The van der Waals surface area contributed by atoms with Gasteiger partial charge in [-0.15, -0.1) is 11.3 Å². The van der Waals surface area contributed by atoms with Gasteiger partial charge in [-0.05, 0) is 37.3 Å². The molecule has 0 aliphatic carbocycles. The van der Waals surface area contributed by atoms with Gasteiger partial charge in [0.25, 0.3) is 0 Å². The molecule has 1 aromatic heterocycles. The molecule has 2 heteroatoms. The Hall–Kier alpha value is -1.04. The van der Waals surface area contributed by atoms with Gasteiger partial charge in [0.05, 0.1) is 4.88 Å². The van der Waals surface area contributed by atoms with Crippen molar-refractivity contribution in [1.29, 1.82) is 0 Å². The lowest BCUT2D eigenvalue weighted by atomic mass is 10.2. The van der Waals surface area contributed by atoms with Crippen LogP contribution in [0.15, 0.2) is 40.9 Å². The summed E-state index contributed by atoms with van der Waals surface area (Å²) >= 11 is 5.15. The molecule has 0 atom stereocenters. The van der Waals surface area contributed by atoms with Gasteiger partial charge in [0.15, 0.2) is 0 Å². The van der Waals surface area contributed by atoms with E-state index in [1.54, 1.807) is 11.3 Å².